The van der Waals surface area contributed by atoms with Gasteiger partial charge in [-0.2, -0.15) is 8.78 Å². The molecule has 45 heavy (non-hydrogen) atoms. The monoisotopic (exact) mass is 640 g/mol. The fraction of sp³-hybridized carbons (Fsp3) is 0.312. The summed E-state index contributed by atoms with van der Waals surface area (Å²) >= 11 is 6.40. The number of fused-ring (bicyclic) bond motifs is 2. The highest BCUT2D eigenvalue weighted by Gasteiger charge is 2.50. The van der Waals surface area contributed by atoms with Crippen molar-refractivity contribution < 1.29 is 37.3 Å². The van der Waals surface area contributed by atoms with Gasteiger partial charge in [0.1, 0.15) is 40.4 Å². The first-order valence-electron chi connectivity index (χ1n) is 14.1. The molecule has 2 aromatic heterocycles. The zero-order valence-corrected chi connectivity index (χ0v) is 24.9. The zero-order valence-electron chi connectivity index (χ0n) is 24.2. The quantitative estimate of drug-likeness (QED) is 0.230. The average molecular weight is 641 g/mol. The van der Waals surface area contributed by atoms with Gasteiger partial charge in [-0.05, 0) is 80.6 Å². The molecule has 1 aliphatic carbocycles. The third-order valence-corrected chi connectivity index (χ3v) is 8.69. The van der Waals surface area contributed by atoms with Gasteiger partial charge in [-0.25, -0.2) is 9.37 Å². The van der Waals surface area contributed by atoms with Gasteiger partial charge in [-0.3, -0.25) is 14.6 Å². The molecule has 3 heterocycles. The van der Waals surface area contributed by atoms with E-state index >= 15 is 0 Å². The molecule has 1 fully saturated rings. The number of ether oxygens (including phenoxy) is 2. The van der Waals surface area contributed by atoms with Crippen LogP contribution in [0.25, 0.3) is 22.2 Å². The molecule has 6 rings (SSSR count). The van der Waals surface area contributed by atoms with E-state index in [-0.39, 0.29) is 58.1 Å². The van der Waals surface area contributed by atoms with Crippen molar-refractivity contribution in [3.8, 4) is 22.8 Å². The number of hydrogen-bond donors (Lipinski definition) is 3. The maximum Gasteiger partial charge on any atom is 0.387 e. The molecule has 0 spiro atoms. The highest BCUT2D eigenvalue weighted by molar-refractivity contribution is 6.33. The van der Waals surface area contributed by atoms with Crippen molar-refractivity contribution in [1.29, 1.82) is 0 Å². The predicted octanol–water partition coefficient (Wildman–Crippen LogP) is 5.16. The molecule has 4 N–H and O–H groups in total. The maximum atomic E-state index is 13.9. The summed E-state index contributed by atoms with van der Waals surface area (Å²) in [6.07, 6.45) is 2.74. The molecule has 234 valence electrons. The van der Waals surface area contributed by atoms with E-state index in [9.17, 15) is 27.9 Å². The summed E-state index contributed by atoms with van der Waals surface area (Å²) in [6.45, 7) is -0.170. The number of carbonyl (C=O) groups is 2. The number of aromatic nitrogens is 2. The van der Waals surface area contributed by atoms with E-state index in [0.717, 1.165) is 11.6 Å². The topological polar surface area (TPSA) is 137 Å². The van der Waals surface area contributed by atoms with Crippen LogP contribution in [0, 0.1) is 18.7 Å². The Morgan fingerprint density at radius 3 is 2.67 bits per heavy atom. The Morgan fingerprint density at radius 1 is 1.24 bits per heavy atom. The molecule has 0 bridgehead atoms. The molecule has 13 heteroatoms. The summed E-state index contributed by atoms with van der Waals surface area (Å²) in [5.41, 5.74) is 4.66. The number of rotatable bonds is 9. The third kappa shape index (κ3) is 5.53. The van der Waals surface area contributed by atoms with E-state index in [1.54, 1.807) is 19.9 Å². The number of benzene rings is 2. The first kappa shape index (κ1) is 30.6. The number of amides is 2. The van der Waals surface area contributed by atoms with Gasteiger partial charge < -0.3 is 25.6 Å². The van der Waals surface area contributed by atoms with Gasteiger partial charge in [0.15, 0.2) is 5.75 Å². The molecule has 1 saturated carbocycles. The van der Waals surface area contributed by atoms with Crippen molar-refractivity contribution >= 4 is 34.3 Å². The number of primary amides is 1. The van der Waals surface area contributed by atoms with E-state index in [2.05, 4.69) is 15.0 Å². The Hall–Kier alpha value is -4.42. The van der Waals surface area contributed by atoms with Crippen LogP contribution in [0.2, 0.25) is 5.02 Å². The van der Waals surface area contributed by atoms with E-state index in [1.807, 2.05) is 0 Å². The Labute approximate surface area is 260 Å². The van der Waals surface area contributed by atoms with Gasteiger partial charge in [-0.15, -0.1) is 0 Å². The largest absolute Gasteiger partial charge is 0.489 e. The van der Waals surface area contributed by atoms with Crippen molar-refractivity contribution in [3.63, 3.8) is 0 Å². The third-order valence-electron chi connectivity index (χ3n) is 8.38. The van der Waals surface area contributed by atoms with Crippen LogP contribution in [0.15, 0.2) is 48.7 Å². The van der Waals surface area contributed by atoms with E-state index < -0.39 is 35.3 Å². The van der Waals surface area contributed by atoms with Crippen LogP contribution in [0.4, 0.5) is 13.2 Å². The normalized spacial score (nSPS) is 18.8. The van der Waals surface area contributed by atoms with E-state index in [0.29, 0.717) is 29.4 Å². The lowest BCUT2D eigenvalue weighted by Crippen LogP contribution is -2.44. The molecule has 2 amide bonds. The number of aryl methyl sites for hydroxylation is 1. The van der Waals surface area contributed by atoms with Crippen molar-refractivity contribution in [3.05, 3.63) is 81.9 Å². The van der Waals surface area contributed by atoms with Crippen LogP contribution in [-0.2, 0) is 15.8 Å². The van der Waals surface area contributed by atoms with Crippen molar-refractivity contribution in [2.24, 2.45) is 11.7 Å². The number of nitrogens with zero attached hydrogens (tertiary/aromatic N) is 2. The maximum absolute atomic E-state index is 13.9. The molecule has 0 radical (unpaired) electrons. The second kappa shape index (κ2) is 11.2. The number of carbonyl (C=O) groups excluding carboxylic acids is 2. The van der Waals surface area contributed by atoms with Crippen LogP contribution >= 0.6 is 11.6 Å². The standard InChI is InChI=1S/C32H28ClF3N4O5/c1-15-7-16-8-17(9-23(45-30(35)36)25(16)38-12-15)28(41)39-13-32(43,18-3-4-18)24-11-21-27(44-14-31(21,2)29(37)42)26(40-24)20-6-5-19(34)10-22(20)33/h5-12,18,30,43H,3-4,13-14H2,1-2H3,(H2,37,42)(H,39,41)/t31-,32?/m0/s1. The summed E-state index contributed by atoms with van der Waals surface area (Å²) < 4.78 is 50.9. The lowest BCUT2D eigenvalue weighted by Gasteiger charge is -2.30. The highest BCUT2D eigenvalue weighted by Crippen LogP contribution is 2.50. The van der Waals surface area contributed by atoms with Gasteiger partial charge in [0.2, 0.25) is 5.91 Å². The summed E-state index contributed by atoms with van der Waals surface area (Å²) in [5, 5.41) is 15.3. The Morgan fingerprint density at radius 2 is 2.00 bits per heavy atom. The lowest BCUT2D eigenvalue weighted by atomic mass is 9.81. The van der Waals surface area contributed by atoms with Crippen LogP contribution in [0.5, 0.6) is 11.5 Å². The van der Waals surface area contributed by atoms with Crippen LogP contribution in [0.3, 0.4) is 0 Å². The molecule has 2 aromatic carbocycles. The summed E-state index contributed by atoms with van der Waals surface area (Å²) in [4.78, 5) is 34.9. The second-order valence-electron chi connectivity index (χ2n) is 11.7. The number of pyridine rings is 2. The predicted molar refractivity (Wildman–Crippen MR) is 159 cm³/mol. The minimum Gasteiger partial charge on any atom is -0.489 e. The zero-order chi connectivity index (χ0) is 32.3. The smallest absolute Gasteiger partial charge is 0.387 e. The molecule has 2 atom stereocenters. The SMILES string of the molecule is Cc1cnc2c(OC(F)F)cc(C(=O)NCC(O)(c3cc4c(c(-c5ccc(F)cc5Cl)n3)OC[C@]4(C)C(N)=O)C3CC3)cc2c1. The Balaban J connectivity index is 1.40. The number of halogens is 4. The van der Waals surface area contributed by atoms with Crippen LogP contribution < -0.4 is 20.5 Å². The van der Waals surface area contributed by atoms with E-state index in [4.69, 9.17) is 27.1 Å². The summed E-state index contributed by atoms with van der Waals surface area (Å²) in [7, 11) is 0. The minimum atomic E-state index is -3.14. The number of hydrogen-bond acceptors (Lipinski definition) is 7. The van der Waals surface area contributed by atoms with Crippen LogP contribution in [-0.4, -0.2) is 46.7 Å². The average Bonchev–Trinajstić information content (AvgIpc) is 3.78. The minimum absolute atomic E-state index is 0.0131. The van der Waals surface area contributed by atoms with Crippen molar-refractivity contribution in [2.45, 2.75) is 44.3 Å². The first-order valence-corrected chi connectivity index (χ1v) is 14.5. The molecular weight excluding hydrogens is 613 g/mol. The second-order valence-corrected chi connectivity index (χ2v) is 12.1. The van der Waals surface area contributed by atoms with E-state index in [1.165, 1.54) is 36.5 Å². The summed E-state index contributed by atoms with van der Waals surface area (Å²) in [6, 6.07) is 9.62. The molecule has 2 aliphatic rings. The molecule has 9 nitrogen and oxygen atoms in total. The molecule has 4 aromatic rings. The van der Waals surface area contributed by atoms with Gasteiger partial charge >= 0.3 is 6.61 Å². The van der Waals surface area contributed by atoms with Gasteiger partial charge in [-0.1, -0.05) is 11.6 Å². The lowest BCUT2D eigenvalue weighted by molar-refractivity contribution is -0.123. The fourth-order valence-corrected chi connectivity index (χ4v) is 5.90. The number of aliphatic hydroxyl groups is 1. The fourth-order valence-electron chi connectivity index (χ4n) is 5.64. The van der Waals surface area contributed by atoms with Gasteiger partial charge in [0, 0.05) is 28.3 Å². The Bertz CT molecular complexity index is 1870. The Kier molecular flexibility index (Phi) is 7.60. The van der Waals surface area contributed by atoms with Crippen LogP contribution in [0.1, 0.15) is 46.9 Å². The molecule has 0 saturated heterocycles. The van der Waals surface area contributed by atoms with Gasteiger partial charge in [0.25, 0.3) is 5.91 Å². The molecular formula is C32H28ClF3N4O5. The number of nitrogens with two attached hydrogens (primary N) is 1. The summed E-state index contributed by atoms with van der Waals surface area (Å²) in [5.74, 6) is -2.26. The first-order chi connectivity index (χ1) is 21.3. The number of alkyl halides is 2. The van der Waals surface area contributed by atoms with Crippen molar-refractivity contribution in [1.82, 2.24) is 15.3 Å². The molecule has 1 unspecified atom stereocenters. The van der Waals surface area contributed by atoms with Crippen molar-refractivity contribution in [2.75, 3.05) is 13.2 Å². The molecule has 1 aliphatic heterocycles. The van der Waals surface area contributed by atoms with Gasteiger partial charge in [0.05, 0.1) is 17.3 Å². The highest BCUT2D eigenvalue weighted by atomic mass is 35.5. The number of nitrogens with one attached hydrogen (secondary N) is 1.